The van der Waals surface area contributed by atoms with E-state index in [0.717, 1.165) is 5.69 Å². The normalized spacial score (nSPS) is 30.4. The van der Waals surface area contributed by atoms with Gasteiger partial charge in [0.25, 0.3) is 0 Å². The summed E-state index contributed by atoms with van der Waals surface area (Å²) in [6, 6.07) is 5.42. The molecule has 3 rings (SSSR count). The molecule has 2 bridgehead atoms. The number of amides is 1. The van der Waals surface area contributed by atoms with E-state index in [1.54, 1.807) is 30.5 Å². The number of carboxylic acids is 1. The average Bonchev–Trinajstić information content (AvgIpc) is 3.06. The number of aliphatic carboxylic acids is 1. The molecule has 20 heavy (non-hydrogen) atoms. The Morgan fingerprint density at radius 2 is 2.00 bits per heavy atom. The van der Waals surface area contributed by atoms with E-state index in [1.807, 2.05) is 6.07 Å². The highest BCUT2D eigenvalue weighted by atomic mass is 16.5. The molecule has 1 aromatic rings. The third-order valence-electron chi connectivity index (χ3n) is 3.66. The highest BCUT2D eigenvalue weighted by molar-refractivity contribution is 5.87. The Kier molecular flexibility index (Phi) is 3.23. The maximum atomic E-state index is 12.2. The molecular weight excluding hydrogens is 260 g/mol. The Bertz CT molecular complexity index is 558. The van der Waals surface area contributed by atoms with Crippen LogP contribution in [0.3, 0.4) is 0 Å². The standard InChI is InChI=1S/C14H14N2O4/c17-13(16-7-8-3-1-2-6-15-8)11-9-4-5-10(20-9)12(11)14(18)19/h1-6,9-12H,7H2,(H,16,17)(H,18,19)/t9-,10+,11-,12+/m1/s1. The summed E-state index contributed by atoms with van der Waals surface area (Å²) in [5, 5.41) is 12.0. The number of nitrogens with zero attached hydrogens (tertiary/aromatic N) is 1. The lowest BCUT2D eigenvalue weighted by molar-refractivity contribution is -0.146. The van der Waals surface area contributed by atoms with Crippen LogP contribution in [0.2, 0.25) is 0 Å². The first-order chi connectivity index (χ1) is 9.66. The molecule has 0 spiro atoms. The molecule has 6 nitrogen and oxygen atoms in total. The number of carbonyl (C=O) groups is 2. The van der Waals surface area contributed by atoms with Crippen molar-refractivity contribution in [3.63, 3.8) is 0 Å². The molecule has 1 fully saturated rings. The molecule has 0 unspecified atom stereocenters. The SMILES string of the molecule is O=C(O)[C@@H]1[C@H](C(=O)NCc2ccccn2)[C@H]2C=C[C@@H]1O2. The summed E-state index contributed by atoms with van der Waals surface area (Å²) in [6.45, 7) is 0.281. The predicted octanol–water partition coefficient (Wildman–Crippen LogP) is 0.352. The van der Waals surface area contributed by atoms with Crippen molar-refractivity contribution >= 4 is 11.9 Å². The zero-order valence-electron chi connectivity index (χ0n) is 10.6. The first-order valence-electron chi connectivity index (χ1n) is 6.41. The zero-order valence-corrected chi connectivity index (χ0v) is 10.6. The Morgan fingerprint density at radius 1 is 1.25 bits per heavy atom. The summed E-state index contributed by atoms with van der Waals surface area (Å²) in [7, 11) is 0. The van der Waals surface area contributed by atoms with Crippen LogP contribution in [0.5, 0.6) is 0 Å². The second-order valence-electron chi connectivity index (χ2n) is 4.88. The number of aromatic nitrogens is 1. The first kappa shape index (κ1) is 12.8. The molecule has 0 aromatic carbocycles. The Labute approximate surface area is 115 Å². The smallest absolute Gasteiger partial charge is 0.310 e. The van der Waals surface area contributed by atoms with Gasteiger partial charge in [0.1, 0.15) is 5.92 Å². The van der Waals surface area contributed by atoms with Crippen molar-refractivity contribution in [2.45, 2.75) is 18.8 Å². The third kappa shape index (κ3) is 2.18. The molecule has 0 radical (unpaired) electrons. The van der Waals surface area contributed by atoms with E-state index in [0.29, 0.717) is 0 Å². The van der Waals surface area contributed by atoms with Crippen molar-refractivity contribution < 1.29 is 19.4 Å². The summed E-state index contributed by atoms with van der Waals surface area (Å²) in [6.07, 6.45) is 4.18. The van der Waals surface area contributed by atoms with Crippen molar-refractivity contribution in [3.05, 3.63) is 42.2 Å². The van der Waals surface area contributed by atoms with Crippen molar-refractivity contribution in [1.82, 2.24) is 10.3 Å². The van der Waals surface area contributed by atoms with E-state index < -0.39 is 30.0 Å². The second-order valence-corrected chi connectivity index (χ2v) is 4.88. The third-order valence-corrected chi connectivity index (χ3v) is 3.66. The summed E-state index contributed by atoms with van der Waals surface area (Å²) >= 11 is 0. The monoisotopic (exact) mass is 274 g/mol. The Hall–Kier alpha value is -2.21. The summed E-state index contributed by atoms with van der Waals surface area (Å²) in [4.78, 5) is 27.6. The maximum absolute atomic E-state index is 12.2. The Balaban J connectivity index is 1.68. The number of pyridine rings is 1. The van der Waals surface area contributed by atoms with Crippen molar-refractivity contribution in [2.75, 3.05) is 0 Å². The van der Waals surface area contributed by atoms with E-state index in [9.17, 15) is 14.7 Å². The molecule has 2 aliphatic rings. The lowest BCUT2D eigenvalue weighted by Gasteiger charge is -2.20. The minimum atomic E-state index is -1.00. The Morgan fingerprint density at radius 3 is 2.65 bits per heavy atom. The number of hydrogen-bond acceptors (Lipinski definition) is 4. The van der Waals surface area contributed by atoms with Gasteiger partial charge in [0.05, 0.1) is 30.4 Å². The molecule has 2 N–H and O–H groups in total. The lowest BCUT2D eigenvalue weighted by atomic mass is 9.82. The quantitative estimate of drug-likeness (QED) is 0.773. The molecule has 1 amide bonds. The minimum absolute atomic E-state index is 0.281. The van der Waals surface area contributed by atoms with Crippen LogP contribution in [0.4, 0.5) is 0 Å². The fourth-order valence-corrected chi connectivity index (χ4v) is 2.71. The van der Waals surface area contributed by atoms with Gasteiger partial charge in [-0.3, -0.25) is 14.6 Å². The van der Waals surface area contributed by atoms with Crippen LogP contribution < -0.4 is 5.32 Å². The van der Waals surface area contributed by atoms with Crippen LogP contribution in [-0.4, -0.2) is 34.2 Å². The van der Waals surface area contributed by atoms with Gasteiger partial charge in [-0.15, -0.1) is 0 Å². The largest absolute Gasteiger partial charge is 0.481 e. The van der Waals surface area contributed by atoms with Gasteiger partial charge in [0, 0.05) is 6.20 Å². The van der Waals surface area contributed by atoms with Gasteiger partial charge < -0.3 is 15.2 Å². The number of hydrogen-bond donors (Lipinski definition) is 2. The molecule has 1 aromatic heterocycles. The van der Waals surface area contributed by atoms with Crippen molar-refractivity contribution in [1.29, 1.82) is 0 Å². The second kappa shape index (κ2) is 5.05. The average molecular weight is 274 g/mol. The number of carboxylic acid groups (broad SMARTS) is 1. The topological polar surface area (TPSA) is 88.5 Å². The summed E-state index contributed by atoms with van der Waals surface area (Å²) in [5.74, 6) is -2.79. The predicted molar refractivity (Wildman–Crippen MR) is 68.5 cm³/mol. The van der Waals surface area contributed by atoms with E-state index in [1.165, 1.54) is 0 Å². The molecular formula is C14H14N2O4. The number of nitrogens with one attached hydrogen (secondary N) is 1. The van der Waals surface area contributed by atoms with E-state index in [2.05, 4.69) is 10.3 Å². The molecule has 6 heteroatoms. The van der Waals surface area contributed by atoms with Crippen LogP contribution >= 0.6 is 0 Å². The molecule has 0 aliphatic carbocycles. The van der Waals surface area contributed by atoms with Crippen molar-refractivity contribution in [3.8, 4) is 0 Å². The number of fused-ring (bicyclic) bond motifs is 2. The van der Waals surface area contributed by atoms with Gasteiger partial charge in [-0.1, -0.05) is 18.2 Å². The molecule has 3 heterocycles. The van der Waals surface area contributed by atoms with Crippen LogP contribution in [-0.2, 0) is 20.9 Å². The highest BCUT2D eigenvalue weighted by Gasteiger charge is 2.53. The van der Waals surface area contributed by atoms with Gasteiger partial charge in [-0.2, -0.15) is 0 Å². The summed E-state index contributed by atoms with van der Waals surface area (Å²) in [5.41, 5.74) is 0.729. The molecule has 0 saturated carbocycles. The van der Waals surface area contributed by atoms with Crippen molar-refractivity contribution in [2.24, 2.45) is 11.8 Å². The van der Waals surface area contributed by atoms with Crippen LogP contribution in [0.25, 0.3) is 0 Å². The molecule has 2 aliphatic heterocycles. The minimum Gasteiger partial charge on any atom is -0.481 e. The van der Waals surface area contributed by atoms with Crippen LogP contribution in [0, 0.1) is 11.8 Å². The number of ether oxygens (including phenoxy) is 1. The number of carbonyl (C=O) groups excluding carboxylic acids is 1. The van der Waals surface area contributed by atoms with Gasteiger partial charge in [0.15, 0.2) is 0 Å². The van der Waals surface area contributed by atoms with E-state index in [4.69, 9.17) is 4.74 Å². The first-order valence-corrected chi connectivity index (χ1v) is 6.41. The van der Waals surface area contributed by atoms with Gasteiger partial charge in [-0.05, 0) is 12.1 Å². The molecule has 104 valence electrons. The molecule has 1 saturated heterocycles. The van der Waals surface area contributed by atoms with Crippen LogP contribution in [0.1, 0.15) is 5.69 Å². The fraction of sp³-hybridized carbons (Fsp3) is 0.357. The maximum Gasteiger partial charge on any atom is 0.310 e. The number of rotatable bonds is 4. The van der Waals surface area contributed by atoms with Crippen LogP contribution in [0.15, 0.2) is 36.5 Å². The fourth-order valence-electron chi connectivity index (χ4n) is 2.71. The molecule has 4 atom stereocenters. The van der Waals surface area contributed by atoms with E-state index >= 15 is 0 Å². The van der Waals surface area contributed by atoms with Gasteiger partial charge in [-0.25, -0.2) is 0 Å². The summed E-state index contributed by atoms with van der Waals surface area (Å²) < 4.78 is 5.46. The van der Waals surface area contributed by atoms with Gasteiger partial charge in [0.2, 0.25) is 5.91 Å². The zero-order chi connectivity index (χ0) is 14.1. The lowest BCUT2D eigenvalue weighted by Crippen LogP contribution is -2.42. The van der Waals surface area contributed by atoms with E-state index in [-0.39, 0.29) is 12.5 Å². The highest BCUT2D eigenvalue weighted by Crippen LogP contribution is 2.39. The van der Waals surface area contributed by atoms with Gasteiger partial charge >= 0.3 is 5.97 Å².